The van der Waals surface area contributed by atoms with Gasteiger partial charge in [0.05, 0.1) is 16.9 Å². The average Bonchev–Trinajstić information content (AvgIpc) is 2.57. The molecule has 0 unspecified atom stereocenters. The molecule has 0 bridgehead atoms. The van der Waals surface area contributed by atoms with Gasteiger partial charge in [0.2, 0.25) is 0 Å². The molecular formula is C16H14BrIN2O4. The number of hydrogen-bond acceptors (Lipinski definition) is 5. The zero-order valence-corrected chi connectivity index (χ0v) is 16.4. The lowest BCUT2D eigenvalue weighted by atomic mass is 10.2. The Bertz CT molecular complexity index is 768. The molecule has 0 aromatic heterocycles. The Morgan fingerprint density at radius 1 is 1.38 bits per heavy atom. The fourth-order valence-corrected chi connectivity index (χ4v) is 3.32. The van der Waals surface area contributed by atoms with E-state index in [4.69, 9.17) is 9.47 Å². The third-order valence-corrected chi connectivity index (χ3v) is 4.16. The van der Waals surface area contributed by atoms with Crippen molar-refractivity contribution in [2.75, 3.05) is 13.7 Å². The van der Waals surface area contributed by atoms with Crippen LogP contribution in [0.1, 0.15) is 5.56 Å². The topological polar surface area (TPSA) is 80.2 Å². The fraction of sp³-hybridized carbons (Fsp3) is 0.125. The van der Waals surface area contributed by atoms with Crippen LogP contribution in [0.15, 0.2) is 46.0 Å². The molecule has 0 heterocycles. The Morgan fingerprint density at radius 2 is 2.08 bits per heavy atom. The second kappa shape index (κ2) is 8.88. The third kappa shape index (κ3) is 5.10. The fourth-order valence-electron chi connectivity index (χ4n) is 1.77. The number of carbonyl (C=O) groups excluding carboxylic acids is 1. The van der Waals surface area contributed by atoms with E-state index in [1.54, 1.807) is 30.3 Å². The number of nitrogens with one attached hydrogen (secondary N) is 1. The molecule has 0 fully saturated rings. The van der Waals surface area contributed by atoms with Crippen LogP contribution in [0.2, 0.25) is 0 Å². The van der Waals surface area contributed by atoms with Crippen LogP contribution < -0.4 is 14.9 Å². The van der Waals surface area contributed by atoms with E-state index >= 15 is 0 Å². The van der Waals surface area contributed by atoms with E-state index in [0.717, 1.165) is 4.47 Å². The summed E-state index contributed by atoms with van der Waals surface area (Å²) in [6.07, 6.45) is 1.36. The highest BCUT2D eigenvalue weighted by atomic mass is 127. The van der Waals surface area contributed by atoms with Gasteiger partial charge in [-0.05, 0) is 46.9 Å². The largest absolute Gasteiger partial charge is 0.506 e. The van der Waals surface area contributed by atoms with Gasteiger partial charge < -0.3 is 14.6 Å². The highest BCUT2D eigenvalue weighted by molar-refractivity contribution is 14.1. The van der Waals surface area contributed by atoms with Crippen molar-refractivity contribution in [2.24, 2.45) is 5.10 Å². The van der Waals surface area contributed by atoms with Crippen LogP contribution in [0.5, 0.6) is 17.2 Å². The van der Waals surface area contributed by atoms with Crippen molar-refractivity contribution in [1.82, 2.24) is 5.43 Å². The van der Waals surface area contributed by atoms with Gasteiger partial charge in [0.1, 0.15) is 5.75 Å². The minimum Gasteiger partial charge on any atom is -0.506 e. The Labute approximate surface area is 161 Å². The Hall–Kier alpha value is -1.81. The summed E-state index contributed by atoms with van der Waals surface area (Å²) in [5.41, 5.74) is 2.83. The minimum atomic E-state index is -0.429. The number of amides is 1. The number of para-hydroxylation sites is 2. The van der Waals surface area contributed by atoms with Crippen LogP contribution in [-0.2, 0) is 4.79 Å². The van der Waals surface area contributed by atoms with Crippen molar-refractivity contribution in [3.63, 3.8) is 0 Å². The summed E-state index contributed by atoms with van der Waals surface area (Å²) in [4.78, 5) is 11.8. The molecule has 2 aromatic rings. The maximum Gasteiger partial charge on any atom is 0.277 e. The molecule has 0 aliphatic rings. The van der Waals surface area contributed by atoms with E-state index in [2.05, 4.69) is 26.5 Å². The molecule has 0 radical (unpaired) electrons. The molecular weight excluding hydrogens is 491 g/mol. The molecule has 2 aromatic carbocycles. The summed E-state index contributed by atoms with van der Waals surface area (Å²) in [5.74, 6) is 0.684. The third-order valence-electron chi connectivity index (χ3n) is 2.88. The number of aromatic hydroxyl groups is 1. The van der Waals surface area contributed by atoms with Crippen molar-refractivity contribution in [1.29, 1.82) is 0 Å². The van der Waals surface area contributed by atoms with E-state index in [1.165, 1.54) is 13.3 Å². The van der Waals surface area contributed by atoms with Gasteiger partial charge >= 0.3 is 0 Å². The van der Waals surface area contributed by atoms with Crippen molar-refractivity contribution >= 4 is 50.6 Å². The number of rotatable bonds is 6. The number of hydrogen-bond donors (Lipinski definition) is 2. The number of ether oxygens (including phenoxy) is 2. The van der Waals surface area contributed by atoms with Crippen LogP contribution >= 0.6 is 38.5 Å². The van der Waals surface area contributed by atoms with Gasteiger partial charge in [0, 0.05) is 10.0 Å². The molecule has 2 rings (SSSR count). The first kappa shape index (κ1) is 18.5. The molecule has 0 aliphatic carbocycles. The van der Waals surface area contributed by atoms with Crippen molar-refractivity contribution in [3.8, 4) is 17.2 Å². The summed E-state index contributed by atoms with van der Waals surface area (Å²) < 4.78 is 12.0. The van der Waals surface area contributed by atoms with Crippen molar-refractivity contribution < 1.29 is 19.4 Å². The van der Waals surface area contributed by atoms with Gasteiger partial charge in [0.15, 0.2) is 18.1 Å². The van der Waals surface area contributed by atoms with Crippen LogP contribution in [0.4, 0.5) is 0 Å². The molecule has 2 N–H and O–H groups in total. The predicted octanol–water partition coefficient (Wildman–Crippen LogP) is 3.30. The number of benzene rings is 2. The highest BCUT2D eigenvalue weighted by Gasteiger charge is 2.07. The minimum absolute atomic E-state index is 0.0991. The Balaban J connectivity index is 1.92. The maximum absolute atomic E-state index is 11.8. The molecule has 0 saturated carbocycles. The summed E-state index contributed by atoms with van der Waals surface area (Å²) in [7, 11) is 1.53. The van der Waals surface area contributed by atoms with E-state index < -0.39 is 5.91 Å². The molecule has 0 atom stereocenters. The molecule has 6 nitrogen and oxygen atoms in total. The number of methoxy groups -OCH3 is 1. The van der Waals surface area contributed by atoms with Crippen LogP contribution in [-0.4, -0.2) is 30.9 Å². The molecule has 126 valence electrons. The number of phenols is 1. The van der Waals surface area contributed by atoms with E-state index in [-0.39, 0.29) is 12.4 Å². The van der Waals surface area contributed by atoms with Crippen molar-refractivity contribution in [3.05, 3.63) is 50.0 Å². The lowest BCUT2D eigenvalue weighted by Gasteiger charge is -2.09. The number of nitrogens with zero attached hydrogens (tertiary/aromatic N) is 1. The monoisotopic (exact) mass is 504 g/mol. The number of carbonyl (C=O) groups is 1. The lowest BCUT2D eigenvalue weighted by molar-refractivity contribution is -0.123. The van der Waals surface area contributed by atoms with Crippen LogP contribution in [0.25, 0.3) is 0 Å². The summed E-state index contributed by atoms with van der Waals surface area (Å²) >= 11 is 5.34. The van der Waals surface area contributed by atoms with Crippen LogP contribution in [0, 0.1) is 3.57 Å². The standard InChI is InChI=1S/C16H14BrIN2O4/c1-23-13-4-2-3-5-14(13)24-9-15(21)20-19-8-10-6-11(17)7-12(18)16(10)22/h2-8,22H,9H2,1H3,(H,20,21)/b19-8+. The van der Waals surface area contributed by atoms with Gasteiger partial charge in [-0.15, -0.1) is 0 Å². The molecule has 8 heteroatoms. The first-order valence-electron chi connectivity index (χ1n) is 6.77. The average molecular weight is 505 g/mol. The smallest absolute Gasteiger partial charge is 0.277 e. The van der Waals surface area contributed by atoms with Crippen molar-refractivity contribution in [2.45, 2.75) is 0 Å². The van der Waals surface area contributed by atoms with Gasteiger partial charge in [-0.3, -0.25) is 4.79 Å². The van der Waals surface area contributed by atoms with E-state index in [9.17, 15) is 9.90 Å². The first-order chi connectivity index (χ1) is 11.5. The first-order valence-corrected chi connectivity index (χ1v) is 8.64. The van der Waals surface area contributed by atoms with Gasteiger partial charge in [-0.1, -0.05) is 28.1 Å². The molecule has 0 saturated heterocycles. The predicted molar refractivity (Wildman–Crippen MR) is 103 cm³/mol. The van der Waals surface area contributed by atoms with Gasteiger partial charge in [-0.2, -0.15) is 5.10 Å². The quantitative estimate of drug-likeness (QED) is 0.359. The SMILES string of the molecule is COc1ccccc1OCC(=O)N/N=C/c1cc(Br)cc(I)c1O. The Kier molecular flexibility index (Phi) is 6.85. The molecule has 0 spiro atoms. The van der Waals surface area contributed by atoms with Crippen LogP contribution in [0.3, 0.4) is 0 Å². The number of hydrazone groups is 1. The zero-order chi connectivity index (χ0) is 17.5. The highest BCUT2D eigenvalue weighted by Crippen LogP contribution is 2.27. The molecule has 1 amide bonds. The second-order valence-electron chi connectivity index (χ2n) is 4.56. The Morgan fingerprint density at radius 3 is 2.79 bits per heavy atom. The van der Waals surface area contributed by atoms with E-state index in [1.807, 2.05) is 28.7 Å². The summed E-state index contributed by atoms with van der Waals surface area (Å²) in [5, 5.41) is 13.7. The lowest BCUT2D eigenvalue weighted by Crippen LogP contribution is -2.24. The van der Waals surface area contributed by atoms with E-state index in [0.29, 0.717) is 20.6 Å². The molecule has 0 aliphatic heterocycles. The maximum atomic E-state index is 11.8. The molecule has 24 heavy (non-hydrogen) atoms. The zero-order valence-electron chi connectivity index (χ0n) is 12.6. The van der Waals surface area contributed by atoms with Gasteiger partial charge in [0.25, 0.3) is 5.91 Å². The van der Waals surface area contributed by atoms with Gasteiger partial charge in [-0.25, -0.2) is 5.43 Å². The summed E-state index contributed by atoms with van der Waals surface area (Å²) in [6, 6.07) is 10.5. The second-order valence-corrected chi connectivity index (χ2v) is 6.64. The number of phenolic OH excluding ortho intramolecular Hbond substituents is 1. The summed E-state index contributed by atoms with van der Waals surface area (Å²) in [6.45, 7) is -0.209. The number of halogens is 2. The normalized spacial score (nSPS) is 10.6.